The number of carbonyl (C=O) groups excluding carboxylic acids is 1. The number of benzene rings is 1. The fourth-order valence-corrected chi connectivity index (χ4v) is 1.38. The first kappa shape index (κ1) is 15.3. The Kier molecular flexibility index (Phi) is 5.17. The summed E-state index contributed by atoms with van der Waals surface area (Å²) in [5, 5.41) is 11.2. The molecule has 7 heteroatoms. The molecule has 0 heterocycles. The number of halogens is 3. The zero-order valence-corrected chi connectivity index (χ0v) is 10.4. The Morgan fingerprint density at radius 1 is 1.32 bits per heavy atom. The molecule has 1 aromatic carbocycles. The van der Waals surface area contributed by atoms with E-state index in [1.165, 1.54) is 24.1 Å². The summed E-state index contributed by atoms with van der Waals surface area (Å²) >= 11 is 0. The van der Waals surface area contributed by atoms with Crippen LogP contribution < -0.4 is 5.32 Å². The lowest BCUT2D eigenvalue weighted by Gasteiger charge is -2.16. The highest BCUT2D eigenvalue weighted by Gasteiger charge is 2.29. The molecule has 2 N–H and O–H groups in total. The van der Waals surface area contributed by atoms with E-state index in [2.05, 4.69) is 5.32 Å². The molecule has 0 aliphatic heterocycles. The van der Waals surface area contributed by atoms with Crippen LogP contribution in [0.2, 0.25) is 0 Å². The van der Waals surface area contributed by atoms with Gasteiger partial charge in [0.15, 0.2) is 0 Å². The van der Waals surface area contributed by atoms with Gasteiger partial charge in [0.25, 0.3) is 0 Å². The van der Waals surface area contributed by atoms with Gasteiger partial charge in [-0.1, -0.05) is 12.1 Å². The normalized spacial score (nSPS) is 11.2. The summed E-state index contributed by atoms with van der Waals surface area (Å²) < 4.78 is 37.0. The number of aliphatic hydroxyl groups excluding tert-OH is 1. The van der Waals surface area contributed by atoms with Gasteiger partial charge in [-0.15, -0.1) is 0 Å². The average molecular weight is 276 g/mol. The van der Waals surface area contributed by atoms with Gasteiger partial charge < -0.3 is 15.3 Å². The van der Waals surface area contributed by atoms with Crippen molar-refractivity contribution in [2.45, 2.75) is 12.7 Å². The second kappa shape index (κ2) is 6.42. The lowest BCUT2D eigenvalue weighted by Crippen LogP contribution is -2.38. The molecule has 0 aliphatic rings. The van der Waals surface area contributed by atoms with E-state index >= 15 is 0 Å². The first-order valence-corrected chi connectivity index (χ1v) is 5.60. The monoisotopic (exact) mass is 276 g/mol. The molecule has 0 spiro atoms. The SMILES string of the molecule is CN(CCO)C(=O)NCc1ccc(C(F)(F)F)cc1. The number of carbonyl (C=O) groups is 1. The van der Waals surface area contributed by atoms with Crippen LogP contribution in [-0.4, -0.2) is 36.2 Å². The largest absolute Gasteiger partial charge is 0.416 e. The zero-order valence-electron chi connectivity index (χ0n) is 10.4. The highest BCUT2D eigenvalue weighted by atomic mass is 19.4. The van der Waals surface area contributed by atoms with Crippen molar-refractivity contribution in [3.63, 3.8) is 0 Å². The summed E-state index contributed by atoms with van der Waals surface area (Å²) in [6, 6.07) is 4.18. The van der Waals surface area contributed by atoms with Crippen LogP contribution in [0.15, 0.2) is 24.3 Å². The number of nitrogens with one attached hydrogen (secondary N) is 1. The minimum Gasteiger partial charge on any atom is -0.395 e. The fourth-order valence-electron chi connectivity index (χ4n) is 1.38. The molecule has 0 atom stereocenters. The predicted molar refractivity (Wildman–Crippen MR) is 63.4 cm³/mol. The molecule has 19 heavy (non-hydrogen) atoms. The van der Waals surface area contributed by atoms with E-state index in [0.717, 1.165) is 12.1 Å². The molecule has 0 aliphatic carbocycles. The average Bonchev–Trinajstić information content (AvgIpc) is 2.35. The molecular formula is C12H15F3N2O2. The van der Waals surface area contributed by atoms with E-state index < -0.39 is 17.8 Å². The summed E-state index contributed by atoms with van der Waals surface area (Å²) in [7, 11) is 1.51. The fraction of sp³-hybridized carbons (Fsp3) is 0.417. The second-order valence-corrected chi connectivity index (χ2v) is 4.00. The van der Waals surface area contributed by atoms with Gasteiger partial charge in [0.1, 0.15) is 0 Å². The van der Waals surface area contributed by atoms with E-state index in [9.17, 15) is 18.0 Å². The van der Waals surface area contributed by atoms with Gasteiger partial charge in [-0.2, -0.15) is 13.2 Å². The molecule has 1 aromatic rings. The number of rotatable bonds is 4. The molecule has 0 saturated heterocycles. The Hall–Kier alpha value is -1.76. The number of urea groups is 1. The number of hydrogen-bond acceptors (Lipinski definition) is 2. The quantitative estimate of drug-likeness (QED) is 0.881. The van der Waals surface area contributed by atoms with Crippen LogP contribution in [0.1, 0.15) is 11.1 Å². The lowest BCUT2D eigenvalue weighted by molar-refractivity contribution is -0.137. The van der Waals surface area contributed by atoms with Crippen LogP contribution in [-0.2, 0) is 12.7 Å². The third-order valence-corrected chi connectivity index (χ3v) is 2.51. The van der Waals surface area contributed by atoms with Gasteiger partial charge in [-0.25, -0.2) is 4.79 Å². The van der Waals surface area contributed by atoms with E-state index in [1.807, 2.05) is 0 Å². The van der Waals surface area contributed by atoms with Gasteiger partial charge in [-0.05, 0) is 17.7 Å². The molecule has 0 saturated carbocycles. The number of nitrogens with zero attached hydrogens (tertiary/aromatic N) is 1. The second-order valence-electron chi connectivity index (χ2n) is 4.00. The van der Waals surface area contributed by atoms with Crippen molar-refractivity contribution in [1.29, 1.82) is 0 Å². The first-order chi connectivity index (χ1) is 8.84. The Balaban J connectivity index is 2.53. The maximum Gasteiger partial charge on any atom is 0.416 e. The number of alkyl halides is 3. The van der Waals surface area contributed by atoms with Crippen molar-refractivity contribution in [2.75, 3.05) is 20.2 Å². The third-order valence-electron chi connectivity index (χ3n) is 2.51. The van der Waals surface area contributed by atoms with Crippen molar-refractivity contribution in [3.05, 3.63) is 35.4 Å². The first-order valence-electron chi connectivity index (χ1n) is 5.60. The summed E-state index contributed by atoms with van der Waals surface area (Å²) in [6.45, 7) is 0.176. The summed E-state index contributed by atoms with van der Waals surface area (Å²) in [5.41, 5.74) is -0.154. The lowest BCUT2D eigenvalue weighted by atomic mass is 10.1. The van der Waals surface area contributed by atoms with Crippen molar-refractivity contribution in [3.8, 4) is 0 Å². The van der Waals surface area contributed by atoms with Gasteiger partial charge in [-0.3, -0.25) is 0 Å². The molecule has 1 rings (SSSR count). The Labute approximate surface area is 108 Å². The predicted octanol–water partition coefficient (Wildman–Crippen LogP) is 1.84. The topological polar surface area (TPSA) is 52.6 Å². The maximum atomic E-state index is 12.3. The molecule has 4 nitrogen and oxygen atoms in total. The third kappa shape index (κ3) is 4.78. The zero-order chi connectivity index (χ0) is 14.5. The van der Waals surface area contributed by atoms with Crippen LogP contribution >= 0.6 is 0 Å². The number of aliphatic hydroxyl groups is 1. The molecule has 0 radical (unpaired) electrons. The minimum absolute atomic E-state index is 0.132. The molecule has 2 amide bonds. The smallest absolute Gasteiger partial charge is 0.395 e. The van der Waals surface area contributed by atoms with Crippen LogP contribution in [0.3, 0.4) is 0 Å². The molecule has 0 unspecified atom stereocenters. The van der Waals surface area contributed by atoms with Gasteiger partial charge in [0, 0.05) is 20.1 Å². The van der Waals surface area contributed by atoms with Crippen LogP contribution in [0, 0.1) is 0 Å². The van der Waals surface area contributed by atoms with Gasteiger partial charge in [0.2, 0.25) is 0 Å². The molecule has 0 bridgehead atoms. The number of hydrogen-bond donors (Lipinski definition) is 2. The van der Waals surface area contributed by atoms with Gasteiger partial charge >= 0.3 is 12.2 Å². The molecule has 0 fully saturated rings. The van der Waals surface area contributed by atoms with E-state index in [4.69, 9.17) is 5.11 Å². The summed E-state index contributed by atoms with van der Waals surface area (Å²) in [5.74, 6) is 0. The highest BCUT2D eigenvalue weighted by molar-refractivity contribution is 5.73. The number of likely N-dealkylation sites (N-methyl/N-ethyl adjacent to an activating group) is 1. The Morgan fingerprint density at radius 3 is 2.37 bits per heavy atom. The van der Waals surface area contributed by atoms with Crippen LogP contribution in [0.4, 0.5) is 18.0 Å². The Bertz CT molecular complexity index is 418. The van der Waals surface area contributed by atoms with E-state index in [1.54, 1.807) is 0 Å². The van der Waals surface area contributed by atoms with Crippen molar-refractivity contribution in [2.24, 2.45) is 0 Å². The Morgan fingerprint density at radius 2 is 1.89 bits per heavy atom. The van der Waals surface area contributed by atoms with Crippen LogP contribution in [0.5, 0.6) is 0 Å². The van der Waals surface area contributed by atoms with Crippen LogP contribution in [0.25, 0.3) is 0 Å². The van der Waals surface area contributed by atoms with Crippen molar-refractivity contribution in [1.82, 2.24) is 10.2 Å². The summed E-state index contributed by atoms with van der Waals surface area (Å²) in [4.78, 5) is 12.7. The number of amides is 2. The molecular weight excluding hydrogens is 261 g/mol. The highest BCUT2D eigenvalue weighted by Crippen LogP contribution is 2.28. The summed E-state index contributed by atoms with van der Waals surface area (Å²) in [6.07, 6.45) is -4.36. The van der Waals surface area contributed by atoms with Crippen molar-refractivity contribution < 1.29 is 23.1 Å². The van der Waals surface area contributed by atoms with Crippen molar-refractivity contribution >= 4 is 6.03 Å². The molecule has 0 aromatic heterocycles. The maximum absolute atomic E-state index is 12.3. The standard InChI is InChI=1S/C12H15F3N2O2/c1-17(6-7-18)11(19)16-8-9-2-4-10(5-3-9)12(13,14)15/h2-5,18H,6-8H2,1H3,(H,16,19). The van der Waals surface area contributed by atoms with E-state index in [-0.39, 0.29) is 19.7 Å². The molecule has 106 valence electrons. The van der Waals surface area contributed by atoms with E-state index in [0.29, 0.717) is 5.56 Å². The minimum atomic E-state index is -4.36. The van der Waals surface area contributed by atoms with Gasteiger partial charge in [0.05, 0.1) is 12.2 Å².